The highest BCUT2D eigenvalue weighted by atomic mass is 32.3. The summed E-state index contributed by atoms with van der Waals surface area (Å²) in [6.07, 6.45) is -4.78. The van der Waals surface area contributed by atoms with Crippen LogP contribution in [0.3, 0.4) is 0 Å². The third-order valence-electron chi connectivity index (χ3n) is 2.91. The van der Waals surface area contributed by atoms with Crippen molar-refractivity contribution in [2.75, 3.05) is 12.5 Å². The molecule has 0 heterocycles. The van der Waals surface area contributed by atoms with Crippen LogP contribution in [-0.4, -0.2) is 38.3 Å². The van der Waals surface area contributed by atoms with Crippen molar-refractivity contribution in [1.29, 1.82) is 5.26 Å². The summed E-state index contributed by atoms with van der Waals surface area (Å²) in [5.41, 5.74) is 0.552. The molecule has 0 saturated heterocycles. The maximum Gasteiger partial charge on any atom is 0.461 e. The summed E-state index contributed by atoms with van der Waals surface area (Å²) in [6.45, 7) is 0. The molecule has 1 aromatic rings. The lowest BCUT2D eigenvalue weighted by atomic mass is 10.2. The molecule has 148 valence electrons. The van der Waals surface area contributed by atoms with Crippen LogP contribution in [0.15, 0.2) is 24.3 Å². The van der Waals surface area contributed by atoms with Crippen LogP contribution >= 0.6 is 10.3 Å². The van der Waals surface area contributed by atoms with Gasteiger partial charge in [0.15, 0.2) is 0 Å². The van der Waals surface area contributed by atoms with Gasteiger partial charge in [0.05, 0.1) is 11.6 Å². The van der Waals surface area contributed by atoms with Crippen LogP contribution in [0.4, 0.5) is 30.7 Å². The highest BCUT2D eigenvalue weighted by Crippen LogP contribution is 2.54. The number of alkyl halides is 7. The van der Waals surface area contributed by atoms with Gasteiger partial charge < -0.3 is 0 Å². The molecule has 0 atom stereocenters. The van der Waals surface area contributed by atoms with E-state index in [1.165, 1.54) is 24.3 Å². The molecule has 0 unspecified atom stereocenters. The summed E-state index contributed by atoms with van der Waals surface area (Å²) >= 11 is 0. The van der Waals surface area contributed by atoms with Gasteiger partial charge in [0.1, 0.15) is 0 Å². The van der Waals surface area contributed by atoms with E-state index in [4.69, 9.17) is 5.26 Å². The standard InChI is InChI=1S/C13H12F7NO3S2/c1-25(2,8-10-5-3-9(7-21)4-6-10)24-26(22,23)13(19,20)11(14,15)12(16,17)18/h3-6H,8H2,1-2H3. The SMILES string of the molecule is CS(C)(Cc1ccc(C#N)cc1)OS(=O)(=O)C(F)(F)C(F)(F)C(F)(F)F. The number of hydrogen-bond donors (Lipinski definition) is 0. The highest BCUT2D eigenvalue weighted by molar-refractivity contribution is 8.31. The largest absolute Gasteiger partial charge is 0.461 e. The molecule has 0 saturated carbocycles. The van der Waals surface area contributed by atoms with Crippen LogP contribution in [0.25, 0.3) is 0 Å². The minimum absolute atomic E-state index is 0.242. The van der Waals surface area contributed by atoms with Crippen molar-refractivity contribution in [1.82, 2.24) is 0 Å². The Hall–Kier alpha value is -1.52. The zero-order chi connectivity index (χ0) is 20.6. The monoisotopic (exact) mass is 427 g/mol. The first kappa shape index (κ1) is 22.5. The van der Waals surface area contributed by atoms with Crippen LogP contribution in [0, 0.1) is 11.3 Å². The van der Waals surface area contributed by atoms with Crippen molar-refractivity contribution in [3.63, 3.8) is 0 Å². The summed E-state index contributed by atoms with van der Waals surface area (Å²) in [7, 11) is -9.66. The predicted octanol–water partition coefficient (Wildman–Crippen LogP) is 4.17. The lowest BCUT2D eigenvalue weighted by Gasteiger charge is -2.34. The average molecular weight is 427 g/mol. The first-order valence-corrected chi connectivity index (χ1v) is 10.4. The molecule has 1 aromatic carbocycles. The minimum Gasteiger partial charge on any atom is -0.215 e. The molecular weight excluding hydrogens is 415 g/mol. The van der Waals surface area contributed by atoms with Gasteiger partial charge in [0.25, 0.3) is 0 Å². The molecule has 0 radical (unpaired) electrons. The first-order valence-electron chi connectivity index (χ1n) is 6.45. The van der Waals surface area contributed by atoms with E-state index in [1.807, 2.05) is 0 Å². The van der Waals surface area contributed by atoms with Crippen molar-refractivity contribution >= 4 is 20.4 Å². The van der Waals surface area contributed by atoms with Crippen molar-refractivity contribution in [2.24, 2.45) is 0 Å². The van der Waals surface area contributed by atoms with Crippen molar-refractivity contribution < 1.29 is 42.8 Å². The normalized spacial score (nSPS) is 14.8. The molecule has 0 fully saturated rings. The zero-order valence-corrected chi connectivity index (χ0v) is 14.8. The van der Waals surface area contributed by atoms with Gasteiger partial charge >= 0.3 is 27.5 Å². The van der Waals surface area contributed by atoms with Gasteiger partial charge in [0.2, 0.25) is 0 Å². The van der Waals surface area contributed by atoms with Gasteiger partial charge in [-0.2, -0.15) is 44.4 Å². The Morgan fingerprint density at radius 1 is 1.00 bits per heavy atom. The van der Waals surface area contributed by atoms with Crippen molar-refractivity contribution in [3.05, 3.63) is 35.4 Å². The Bertz CT molecular complexity index is 797. The second kappa shape index (κ2) is 6.90. The molecule has 0 aliphatic carbocycles. The number of hydrogen-bond acceptors (Lipinski definition) is 4. The molecule has 26 heavy (non-hydrogen) atoms. The van der Waals surface area contributed by atoms with Crippen LogP contribution in [0.2, 0.25) is 0 Å². The third-order valence-corrected chi connectivity index (χ3v) is 7.01. The molecule has 1 rings (SSSR count). The molecule has 0 aliphatic heterocycles. The molecule has 13 heteroatoms. The number of nitriles is 1. The Balaban J connectivity index is 3.11. The minimum atomic E-state index is -6.83. The van der Waals surface area contributed by atoms with Crippen LogP contribution in [0.1, 0.15) is 11.1 Å². The summed E-state index contributed by atoms with van der Waals surface area (Å²) in [6, 6.07) is 7.12. The number of benzene rings is 1. The lowest BCUT2D eigenvalue weighted by Crippen LogP contribution is -2.56. The third kappa shape index (κ3) is 4.41. The molecule has 4 nitrogen and oxygen atoms in total. The average Bonchev–Trinajstić information content (AvgIpc) is 2.44. The molecular formula is C13H12F7NO3S2. The Labute approximate surface area is 146 Å². The summed E-state index contributed by atoms with van der Waals surface area (Å²) in [5.74, 6) is -7.17. The van der Waals surface area contributed by atoms with Crippen molar-refractivity contribution in [3.8, 4) is 6.07 Å². The first-order chi connectivity index (χ1) is 11.5. The zero-order valence-electron chi connectivity index (χ0n) is 13.2. The van der Waals surface area contributed by atoms with E-state index in [0.29, 0.717) is 5.56 Å². The van der Waals surface area contributed by atoms with Gasteiger partial charge in [0, 0.05) is 5.75 Å². The van der Waals surface area contributed by atoms with E-state index in [2.05, 4.69) is 3.63 Å². The Kier molecular flexibility index (Phi) is 5.97. The maximum absolute atomic E-state index is 13.4. The van der Waals surface area contributed by atoms with E-state index in [1.54, 1.807) is 6.07 Å². The van der Waals surface area contributed by atoms with E-state index in [9.17, 15) is 39.2 Å². The molecule has 0 aromatic heterocycles. The van der Waals surface area contributed by atoms with Crippen LogP contribution < -0.4 is 0 Å². The van der Waals surface area contributed by atoms with E-state index in [-0.39, 0.29) is 11.3 Å². The fourth-order valence-electron chi connectivity index (χ4n) is 1.71. The van der Waals surface area contributed by atoms with E-state index >= 15 is 0 Å². The molecule has 0 bridgehead atoms. The number of rotatable bonds is 6. The van der Waals surface area contributed by atoms with Crippen LogP contribution in [-0.2, 0) is 19.5 Å². The molecule has 0 spiro atoms. The smallest absolute Gasteiger partial charge is 0.215 e. The number of halogens is 7. The van der Waals surface area contributed by atoms with Crippen LogP contribution in [0.5, 0.6) is 0 Å². The Morgan fingerprint density at radius 3 is 1.85 bits per heavy atom. The van der Waals surface area contributed by atoms with E-state index < -0.39 is 37.8 Å². The second-order valence-electron chi connectivity index (χ2n) is 5.50. The van der Waals surface area contributed by atoms with E-state index in [0.717, 1.165) is 12.5 Å². The fourth-order valence-corrected chi connectivity index (χ4v) is 5.61. The summed E-state index contributed by atoms with van der Waals surface area (Å²) < 4.78 is 116. The van der Waals surface area contributed by atoms with Crippen molar-refractivity contribution in [2.45, 2.75) is 23.1 Å². The topological polar surface area (TPSA) is 67.2 Å². The van der Waals surface area contributed by atoms with Gasteiger partial charge in [-0.3, -0.25) is 0 Å². The van der Waals surface area contributed by atoms with Gasteiger partial charge in [-0.15, -0.1) is 10.3 Å². The lowest BCUT2D eigenvalue weighted by molar-refractivity contribution is -0.333. The van der Waals surface area contributed by atoms with Gasteiger partial charge in [-0.1, -0.05) is 12.1 Å². The number of nitrogens with zero attached hydrogens (tertiary/aromatic N) is 1. The predicted molar refractivity (Wildman–Crippen MR) is 80.3 cm³/mol. The quantitative estimate of drug-likeness (QED) is 0.639. The fraction of sp³-hybridized carbons (Fsp3) is 0.462. The molecule has 0 amide bonds. The molecule has 0 N–H and O–H groups in total. The maximum atomic E-state index is 13.4. The summed E-state index contributed by atoms with van der Waals surface area (Å²) in [5, 5.41) is 2.14. The van der Waals surface area contributed by atoms with Gasteiger partial charge in [-0.05, 0) is 30.2 Å². The second-order valence-corrected chi connectivity index (χ2v) is 10.6. The Morgan fingerprint density at radius 2 is 1.46 bits per heavy atom. The molecule has 0 aliphatic rings. The van der Waals surface area contributed by atoms with Gasteiger partial charge in [-0.25, -0.2) is 3.63 Å². The highest BCUT2D eigenvalue weighted by Gasteiger charge is 2.79. The summed E-state index contributed by atoms with van der Waals surface area (Å²) in [4.78, 5) is 0.